The summed E-state index contributed by atoms with van der Waals surface area (Å²) in [6, 6.07) is 7.01. The number of likely N-dealkylation sites (tertiary alicyclic amines) is 1. The molecule has 1 aromatic rings. The van der Waals surface area contributed by atoms with Gasteiger partial charge in [0.1, 0.15) is 6.04 Å². The minimum Gasteiger partial charge on any atom is -0.331 e. The summed E-state index contributed by atoms with van der Waals surface area (Å²) in [6.07, 6.45) is 3.08. The molecule has 2 fully saturated rings. The molecule has 8 nitrogen and oxygen atoms in total. The first-order valence-electron chi connectivity index (χ1n) is 9.87. The van der Waals surface area contributed by atoms with Crippen molar-refractivity contribution < 1.29 is 24.4 Å². The second kappa shape index (κ2) is 8.32. The minimum atomic E-state index is -1.13. The van der Waals surface area contributed by atoms with Gasteiger partial charge in [-0.05, 0) is 38.2 Å². The van der Waals surface area contributed by atoms with E-state index in [9.17, 15) is 19.2 Å². The molecule has 8 heteroatoms. The Balaban J connectivity index is 1.70. The third-order valence-corrected chi connectivity index (χ3v) is 5.99. The van der Waals surface area contributed by atoms with Crippen LogP contribution in [0.1, 0.15) is 43.2 Å². The highest BCUT2D eigenvalue weighted by Gasteiger charge is 2.52. The number of amides is 4. The molecule has 156 valence electrons. The SMILES string of the molecule is Cc1cccc(CCC2(C(=O)N(C)C(CN3C(=O)CCC3=O)C(=O)NO)CC2)c1. The highest BCUT2D eigenvalue weighted by Crippen LogP contribution is 2.51. The predicted octanol–water partition coefficient (Wildman–Crippen LogP) is 1.19. The number of nitrogens with one attached hydrogen (secondary N) is 1. The summed E-state index contributed by atoms with van der Waals surface area (Å²) in [4.78, 5) is 51.5. The topological polar surface area (TPSA) is 107 Å². The molecule has 4 amide bonds. The van der Waals surface area contributed by atoms with Crippen LogP contribution >= 0.6 is 0 Å². The molecule has 0 radical (unpaired) electrons. The van der Waals surface area contributed by atoms with Crippen LogP contribution in [-0.2, 0) is 25.6 Å². The van der Waals surface area contributed by atoms with Crippen molar-refractivity contribution in [1.82, 2.24) is 15.3 Å². The molecule has 1 aromatic carbocycles. The van der Waals surface area contributed by atoms with E-state index in [2.05, 4.69) is 6.07 Å². The molecule has 1 aliphatic carbocycles. The number of rotatable bonds is 8. The van der Waals surface area contributed by atoms with Crippen molar-refractivity contribution in [2.24, 2.45) is 5.41 Å². The maximum Gasteiger partial charge on any atom is 0.267 e. The number of likely N-dealkylation sites (N-methyl/N-ethyl adjacent to an activating group) is 1. The average Bonchev–Trinajstić information content (AvgIpc) is 3.44. The van der Waals surface area contributed by atoms with Gasteiger partial charge in [-0.15, -0.1) is 0 Å². The van der Waals surface area contributed by atoms with Crippen LogP contribution in [0.15, 0.2) is 24.3 Å². The number of benzene rings is 1. The molecule has 0 bridgehead atoms. The molecule has 1 aliphatic heterocycles. The highest BCUT2D eigenvalue weighted by molar-refractivity contribution is 6.02. The summed E-state index contributed by atoms with van der Waals surface area (Å²) in [5.41, 5.74) is 3.34. The lowest BCUT2D eigenvalue weighted by molar-refractivity contribution is -0.150. The van der Waals surface area contributed by atoms with Gasteiger partial charge in [-0.25, -0.2) is 5.48 Å². The van der Waals surface area contributed by atoms with Crippen LogP contribution in [0.2, 0.25) is 0 Å². The van der Waals surface area contributed by atoms with Crippen molar-refractivity contribution in [2.45, 2.75) is 51.5 Å². The number of aryl methyl sites for hydroxylation is 2. The maximum atomic E-state index is 13.2. The Labute approximate surface area is 169 Å². The normalized spacial score (nSPS) is 18.5. The number of carbonyl (C=O) groups is 4. The van der Waals surface area contributed by atoms with Gasteiger partial charge in [0.05, 0.1) is 6.54 Å². The Morgan fingerprint density at radius 1 is 1.24 bits per heavy atom. The summed E-state index contributed by atoms with van der Waals surface area (Å²) in [5.74, 6) is -1.75. The molecular formula is C21H27N3O5. The van der Waals surface area contributed by atoms with Gasteiger partial charge in [-0.2, -0.15) is 0 Å². The Kier molecular flexibility index (Phi) is 6.02. The van der Waals surface area contributed by atoms with Gasteiger partial charge >= 0.3 is 0 Å². The predicted molar refractivity (Wildman–Crippen MR) is 104 cm³/mol. The fraction of sp³-hybridized carbons (Fsp3) is 0.524. The lowest BCUT2D eigenvalue weighted by Crippen LogP contribution is -2.55. The fourth-order valence-electron chi connectivity index (χ4n) is 3.94. The van der Waals surface area contributed by atoms with E-state index in [0.717, 1.165) is 35.3 Å². The van der Waals surface area contributed by atoms with E-state index in [-0.39, 0.29) is 37.1 Å². The van der Waals surface area contributed by atoms with E-state index in [1.807, 2.05) is 25.1 Å². The number of imide groups is 1. The van der Waals surface area contributed by atoms with Gasteiger partial charge in [0.25, 0.3) is 5.91 Å². The summed E-state index contributed by atoms with van der Waals surface area (Å²) in [6.45, 7) is 1.77. The van der Waals surface area contributed by atoms with Crippen LogP contribution in [0.4, 0.5) is 0 Å². The molecule has 1 saturated carbocycles. The van der Waals surface area contributed by atoms with Crippen molar-refractivity contribution in [2.75, 3.05) is 13.6 Å². The third kappa shape index (κ3) is 4.48. The second-order valence-electron chi connectivity index (χ2n) is 8.08. The minimum absolute atomic E-state index is 0.102. The van der Waals surface area contributed by atoms with Crippen molar-refractivity contribution in [3.8, 4) is 0 Å². The van der Waals surface area contributed by atoms with Gasteiger partial charge in [0.15, 0.2) is 0 Å². The first-order chi connectivity index (χ1) is 13.8. The average molecular weight is 401 g/mol. The van der Waals surface area contributed by atoms with Crippen molar-refractivity contribution in [3.63, 3.8) is 0 Å². The summed E-state index contributed by atoms with van der Waals surface area (Å²) < 4.78 is 0. The van der Waals surface area contributed by atoms with E-state index in [1.165, 1.54) is 11.9 Å². The van der Waals surface area contributed by atoms with Crippen LogP contribution in [0, 0.1) is 12.3 Å². The lowest BCUT2D eigenvalue weighted by atomic mass is 9.94. The van der Waals surface area contributed by atoms with Crippen LogP contribution in [0.5, 0.6) is 0 Å². The molecule has 2 aliphatic rings. The standard InChI is InChI=1S/C21H27N3O5/c1-14-4-3-5-15(12-14)8-9-21(10-11-21)20(28)23(2)16(19(27)22-29)13-24-17(25)6-7-18(24)26/h3-5,12,16,29H,6-11,13H2,1-2H3,(H,22,27). The zero-order valence-corrected chi connectivity index (χ0v) is 16.8. The molecule has 1 atom stereocenters. The van der Waals surface area contributed by atoms with Crippen molar-refractivity contribution in [3.05, 3.63) is 35.4 Å². The molecule has 0 aromatic heterocycles. The van der Waals surface area contributed by atoms with E-state index in [1.54, 1.807) is 5.48 Å². The van der Waals surface area contributed by atoms with E-state index < -0.39 is 17.4 Å². The van der Waals surface area contributed by atoms with Crippen molar-refractivity contribution in [1.29, 1.82) is 0 Å². The zero-order chi connectivity index (χ0) is 21.2. The summed E-state index contributed by atoms with van der Waals surface area (Å²) in [7, 11) is 1.49. The quantitative estimate of drug-likeness (QED) is 0.387. The molecule has 0 spiro atoms. The van der Waals surface area contributed by atoms with Crippen LogP contribution in [0.25, 0.3) is 0 Å². The van der Waals surface area contributed by atoms with Gasteiger partial charge in [0.2, 0.25) is 17.7 Å². The first kappa shape index (κ1) is 21.0. The Bertz CT molecular complexity index is 817. The number of hydrogen-bond acceptors (Lipinski definition) is 5. The van der Waals surface area contributed by atoms with E-state index >= 15 is 0 Å². The van der Waals surface area contributed by atoms with Crippen molar-refractivity contribution >= 4 is 23.6 Å². The number of nitrogens with zero attached hydrogens (tertiary/aromatic N) is 2. The highest BCUT2D eigenvalue weighted by atomic mass is 16.5. The fourth-order valence-corrected chi connectivity index (χ4v) is 3.94. The molecular weight excluding hydrogens is 374 g/mol. The molecule has 1 heterocycles. The van der Waals surface area contributed by atoms with E-state index in [4.69, 9.17) is 5.21 Å². The Morgan fingerprint density at radius 3 is 2.45 bits per heavy atom. The zero-order valence-electron chi connectivity index (χ0n) is 16.8. The van der Waals surface area contributed by atoms with Gasteiger partial charge in [-0.1, -0.05) is 29.8 Å². The summed E-state index contributed by atoms with van der Waals surface area (Å²) in [5, 5.41) is 9.11. The largest absolute Gasteiger partial charge is 0.331 e. The van der Waals surface area contributed by atoms with E-state index in [0.29, 0.717) is 6.42 Å². The van der Waals surface area contributed by atoms with Crippen LogP contribution in [0.3, 0.4) is 0 Å². The second-order valence-corrected chi connectivity index (χ2v) is 8.08. The van der Waals surface area contributed by atoms with Crippen LogP contribution in [-0.4, -0.2) is 58.3 Å². The third-order valence-electron chi connectivity index (χ3n) is 5.99. The molecule has 29 heavy (non-hydrogen) atoms. The Morgan fingerprint density at radius 2 is 1.90 bits per heavy atom. The smallest absolute Gasteiger partial charge is 0.267 e. The molecule has 3 rings (SSSR count). The molecule has 2 N–H and O–H groups in total. The number of hydroxylamine groups is 1. The lowest BCUT2D eigenvalue weighted by Gasteiger charge is -2.32. The summed E-state index contributed by atoms with van der Waals surface area (Å²) >= 11 is 0. The van der Waals surface area contributed by atoms with Gasteiger partial charge in [-0.3, -0.25) is 29.3 Å². The maximum absolute atomic E-state index is 13.2. The van der Waals surface area contributed by atoms with Gasteiger partial charge in [0, 0.05) is 25.3 Å². The Hall–Kier alpha value is -2.74. The first-order valence-corrected chi connectivity index (χ1v) is 9.87. The number of hydrogen-bond donors (Lipinski definition) is 2. The van der Waals surface area contributed by atoms with Gasteiger partial charge < -0.3 is 4.90 Å². The van der Waals surface area contributed by atoms with Crippen LogP contribution < -0.4 is 5.48 Å². The molecule has 1 saturated heterocycles. The molecule has 1 unspecified atom stereocenters. The monoisotopic (exact) mass is 401 g/mol. The number of carbonyl (C=O) groups excluding carboxylic acids is 4.